The lowest BCUT2D eigenvalue weighted by molar-refractivity contribution is -0.345. The van der Waals surface area contributed by atoms with E-state index in [2.05, 4.69) is 10.2 Å². The number of aliphatic hydroxyl groups excluding tert-OH is 2. The number of fused-ring (bicyclic) bond motifs is 8. The number of benzene rings is 1. The third-order valence-electron chi connectivity index (χ3n) is 14.4. The number of nitrogens with one attached hydrogen (secondary N) is 1. The number of ether oxygens (including phenoxy) is 7. The van der Waals surface area contributed by atoms with Crippen molar-refractivity contribution in [3.05, 3.63) is 47.0 Å². The molecule has 3 saturated heterocycles. The first kappa shape index (κ1) is 45.4. The second-order valence-corrected chi connectivity index (χ2v) is 19.6. The van der Waals surface area contributed by atoms with E-state index in [9.17, 15) is 34.5 Å². The lowest BCUT2D eigenvalue weighted by atomic mass is 9.45. The van der Waals surface area contributed by atoms with E-state index in [1.54, 1.807) is 65.0 Å². The van der Waals surface area contributed by atoms with Crippen LogP contribution in [-0.4, -0.2) is 142 Å². The molecule has 2 bridgehead atoms. The van der Waals surface area contributed by atoms with Crippen LogP contribution in [0.2, 0.25) is 0 Å². The second kappa shape index (κ2) is 16.5. The molecule has 3 heterocycles. The third-order valence-corrected chi connectivity index (χ3v) is 14.4. The zero-order chi connectivity index (χ0) is 44.4. The van der Waals surface area contributed by atoms with Gasteiger partial charge in [-0.3, -0.25) is 9.69 Å². The van der Waals surface area contributed by atoms with Crippen LogP contribution < -0.4 is 5.32 Å². The number of carbonyl (C=O) groups excluding carboxylic acids is 4. The van der Waals surface area contributed by atoms with E-state index in [-0.39, 0.29) is 37.7 Å². The molecule has 3 aliphatic heterocycles. The molecule has 13 atom stereocenters. The number of rotatable bonds is 11. The molecule has 6 aliphatic rings. The van der Waals surface area contributed by atoms with Crippen molar-refractivity contribution in [2.45, 2.75) is 166 Å². The van der Waals surface area contributed by atoms with Gasteiger partial charge in [0.1, 0.15) is 35.6 Å². The van der Waals surface area contributed by atoms with Crippen molar-refractivity contribution in [1.82, 2.24) is 10.2 Å². The van der Waals surface area contributed by atoms with Crippen LogP contribution in [0.25, 0.3) is 0 Å². The molecule has 2 saturated carbocycles. The van der Waals surface area contributed by atoms with E-state index in [1.807, 2.05) is 20.8 Å². The Balaban J connectivity index is 1.36. The quantitative estimate of drug-likeness (QED) is 0.143. The van der Waals surface area contributed by atoms with Crippen LogP contribution in [0.5, 0.6) is 0 Å². The lowest BCUT2D eigenvalue weighted by Crippen LogP contribution is -2.79. The summed E-state index contributed by atoms with van der Waals surface area (Å²) >= 11 is 0. The molecule has 3 aliphatic carbocycles. The summed E-state index contributed by atoms with van der Waals surface area (Å²) in [6.45, 7) is 16.6. The van der Waals surface area contributed by atoms with Crippen LogP contribution in [0.3, 0.4) is 0 Å². The van der Waals surface area contributed by atoms with Crippen LogP contribution in [0.4, 0.5) is 4.79 Å². The Morgan fingerprint density at radius 3 is 2.33 bits per heavy atom. The van der Waals surface area contributed by atoms with E-state index in [0.29, 0.717) is 30.5 Å². The van der Waals surface area contributed by atoms with Crippen molar-refractivity contribution >= 4 is 24.0 Å². The van der Waals surface area contributed by atoms with Crippen molar-refractivity contribution in [2.75, 3.05) is 26.3 Å². The molecule has 1 aromatic rings. The maximum Gasteiger partial charge on any atom is 0.407 e. The molecule has 5 fully saturated rings. The van der Waals surface area contributed by atoms with Crippen molar-refractivity contribution in [2.24, 2.45) is 16.7 Å². The normalized spacial score (nSPS) is 37.4. The van der Waals surface area contributed by atoms with Gasteiger partial charge in [0.15, 0.2) is 18.0 Å². The van der Waals surface area contributed by atoms with Crippen LogP contribution in [-0.2, 0) is 42.7 Å². The molecule has 7 rings (SSSR count). The van der Waals surface area contributed by atoms with Crippen LogP contribution >= 0.6 is 0 Å². The van der Waals surface area contributed by atoms with Crippen molar-refractivity contribution in [3.8, 4) is 0 Å². The minimum atomic E-state index is -2.05. The molecule has 1 amide bonds. The maximum absolute atomic E-state index is 14.4. The molecule has 0 radical (unpaired) electrons. The highest BCUT2D eigenvalue weighted by Crippen LogP contribution is 2.66. The first-order valence-corrected chi connectivity index (χ1v) is 21.6. The highest BCUT2D eigenvalue weighted by atomic mass is 16.7. The fourth-order valence-corrected chi connectivity index (χ4v) is 11.1. The number of carbonyl (C=O) groups is 4. The molecule has 61 heavy (non-hydrogen) atoms. The third kappa shape index (κ3) is 7.88. The Kier molecular flexibility index (Phi) is 12.3. The predicted molar refractivity (Wildman–Crippen MR) is 217 cm³/mol. The number of alkyl carbamates (subject to hydrolysis) is 1. The Labute approximate surface area is 357 Å². The summed E-state index contributed by atoms with van der Waals surface area (Å²) in [4.78, 5) is 56.4. The van der Waals surface area contributed by atoms with Crippen LogP contribution in [0.15, 0.2) is 41.5 Å². The molecule has 0 aromatic heterocycles. The maximum atomic E-state index is 14.4. The Morgan fingerprint density at radius 1 is 1.05 bits per heavy atom. The first-order chi connectivity index (χ1) is 28.6. The van der Waals surface area contributed by atoms with Gasteiger partial charge in [-0.2, -0.15) is 0 Å². The van der Waals surface area contributed by atoms with Gasteiger partial charge < -0.3 is 53.8 Å². The first-order valence-electron chi connectivity index (χ1n) is 21.6. The average molecular weight is 857 g/mol. The number of esters is 3. The summed E-state index contributed by atoms with van der Waals surface area (Å²) in [6, 6.07) is 7.27. The summed E-state index contributed by atoms with van der Waals surface area (Å²) in [5, 5.41) is 37.8. The van der Waals surface area contributed by atoms with Gasteiger partial charge in [-0.05, 0) is 76.7 Å². The van der Waals surface area contributed by atoms with Crippen molar-refractivity contribution in [3.63, 3.8) is 0 Å². The van der Waals surface area contributed by atoms with E-state index < -0.39 is 107 Å². The fourth-order valence-electron chi connectivity index (χ4n) is 11.1. The van der Waals surface area contributed by atoms with E-state index in [0.717, 1.165) is 13.0 Å². The molecular formula is C45H64N2O14. The molecule has 16 nitrogen and oxygen atoms in total. The molecule has 1 aromatic carbocycles. The highest BCUT2D eigenvalue weighted by molar-refractivity contribution is 5.89. The minimum absolute atomic E-state index is 0.0183. The zero-order valence-electron chi connectivity index (χ0n) is 36.8. The van der Waals surface area contributed by atoms with E-state index >= 15 is 0 Å². The van der Waals surface area contributed by atoms with Crippen molar-refractivity contribution < 1.29 is 67.7 Å². The SMILES string of the molecule is CC[C@H](NC(=O)OC(C)(C)C)[C@@H](O)C(=O)O[C@H]1C[C@@]2(O)[C@@H](OC(=O)c3ccccc3)[C@H]3[C@@](C)(CC[C@H]4OC[C@]43OC(C)=O)[C@@H]3O[C@H](CN4CC[C@H]4CO)O[C@@H]3C(=C1C)C2(C)C. The van der Waals surface area contributed by atoms with Crippen LogP contribution in [0, 0.1) is 16.7 Å². The number of amides is 1. The van der Waals surface area contributed by atoms with Gasteiger partial charge in [-0.1, -0.05) is 45.9 Å². The van der Waals surface area contributed by atoms with E-state index in [1.165, 1.54) is 6.92 Å². The molecule has 338 valence electrons. The monoisotopic (exact) mass is 856 g/mol. The van der Waals surface area contributed by atoms with Crippen molar-refractivity contribution in [1.29, 1.82) is 0 Å². The Hall–Kier alpha value is -3.64. The largest absolute Gasteiger partial charge is 0.456 e. The minimum Gasteiger partial charge on any atom is -0.456 e. The number of hydrogen-bond acceptors (Lipinski definition) is 15. The fraction of sp³-hybridized carbons (Fsp3) is 0.733. The Morgan fingerprint density at radius 2 is 1.75 bits per heavy atom. The second-order valence-electron chi connectivity index (χ2n) is 19.6. The summed E-state index contributed by atoms with van der Waals surface area (Å²) in [5.74, 6) is -3.29. The van der Waals surface area contributed by atoms with Crippen LogP contribution in [0.1, 0.15) is 105 Å². The topological polar surface area (TPSA) is 209 Å². The zero-order valence-corrected chi connectivity index (χ0v) is 36.8. The molecule has 4 N–H and O–H groups in total. The van der Waals surface area contributed by atoms with Gasteiger partial charge in [0.25, 0.3) is 0 Å². The standard InChI is InChI=1S/C45H64N2O14/c1-10-28(46-40(53)61-41(4,5)6)33(50)39(52)56-29-20-45(54)37(59-38(51)26-14-12-11-13-15-26)35-43(9,18-16-30-44(35,23-55-30)60-25(3)49)36-34(32(24(29)2)42(45,7)8)57-31(58-36)21-47-19-17-27(47)22-48/h11-15,27-31,33-37,48,50,54H,10,16-23H2,1-9H3,(H,46,53)/t27-,28-,29-,30+,31+,33+,34+,35-,36+,37-,43+,44-,45+/m0/s1. The van der Waals surface area contributed by atoms with E-state index in [4.69, 9.17) is 33.2 Å². The van der Waals surface area contributed by atoms with Gasteiger partial charge in [0.2, 0.25) is 0 Å². The lowest BCUT2D eigenvalue weighted by Gasteiger charge is -2.68. The highest BCUT2D eigenvalue weighted by Gasteiger charge is 2.77. The van der Waals surface area contributed by atoms with Gasteiger partial charge in [-0.25, -0.2) is 14.4 Å². The van der Waals surface area contributed by atoms with Gasteiger partial charge in [0, 0.05) is 43.3 Å². The molecule has 0 unspecified atom stereocenters. The molecule has 16 heteroatoms. The smallest absolute Gasteiger partial charge is 0.407 e. The molecule has 0 spiro atoms. The van der Waals surface area contributed by atoms with Gasteiger partial charge in [-0.15, -0.1) is 0 Å². The Bertz CT molecular complexity index is 1880. The van der Waals surface area contributed by atoms with Gasteiger partial charge in [0.05, 0.1) is 36.8 Å². The number of likely N-dealkylation sites (tertiary alicyclic amines) is 1. The molecular weight excluding hydrogens is 792 g/mol. The summed E-state index contributed by atoms with van der Waals surface area (Å²) in [7, 11) is 0. The number of hydrogen-bond donors (Lipinski definition) is 4. The number of aliphatic hydroxyl groups is 3. The summed E-state index contributed by atoms with van der Waals surface area (Å²) < 4.78 is 44.7. The number of nitrogens with zero attached hydrogens (tertiary/aromatic N) is 1. The summed E-state index contributed by atoms with van der Waals surface area (Å²) in [6.07, 6.45) is -6.62. The summed E-state index contributed by atoms with van der Waals surface area (Å²) in [5.41, 5.74) is -5.15. The average Bonchev–Trinajstić information content (AvgIpc) is 3.59. The predicted octanol–water partition coefficient (Wildman–Crippen LogP) is 3.57. The van der Waals surface area contributed by atoms with Gasteiger partial charge >= 0.3 is 24.0 Å².